The number of nitrogens with one attached hydrogen (secondary N) is 1. The van der Waals surface area contributed by atoms with E-state index in [-0.39, 0.29) is 5.82 Å². The molecule has 1 aromatic rings. The summed E-state index contributed by atoms with van der Waals surface area (Å²) in [6, 6.07) is 3.25. The average Bonchev–Trinajstić information content (AvgIpc) is 2.52. The van der Waals surface area contributed by atoms with Crippen LogP contribution in [0, 0.1) is 5.82 Å². The van der Waals surface area contributed by atoms with Gasteiger partial charge in [-0.05, 0) is 18.1 Å². The zero-order chi connectivity index (χ0) is 8.55. The third-order valence-electron chi connectivity index (χ3n) is 2.10. The Hall–Kier alpha value is -1.25. The molecule has 1 aliphatic rings. The molecule has 1 aromatic carbocycles. The first kappa shape index (κ1) is 7.40. The molecule has 64 valence electrons. The number of methoxy groups -OCH3 is 1. The fourth-order valence-corrected chi connectivity index (χ4v) is 1.52. The van der Waals surface area contributed by atoms with Crippen molar-refractivity contribution in [2.45, 2.75) is 6.42 Å². The number of rotatable bonds is 1. The lowest BCUT2D eigenvalue weighted by atomic mass is 10.1. The first-order chi connectivity index (χ1) is 5.83. The molecule has 2 rings (SSSR count). The molecule has 0 fully saturated rings. The highest BCUT2D eigenvalue weighted by Crippen LogP contribution is 2.34. The van der Waals surface area contributed by atoms with Gasteiger partial charge in [-0.2, -0.15) is 0 Å². The maximum absolute atomic E-state index is 13.1. The molecular weight excluding hydrogens is 157 g/mol. The van der Waals surface area contributed by atoms with Gasteiger partial charge in [0.05, 0.1) is 12.8 Å². The van der Waals surface area contributed by atoms with Crippen molar-refractivity contribution >= 4 is 5.69 Å². The average molecular weight is 167 g/mol. The van der Waals surface area contributed by atoms with Gasteiger partial charge in [-0.15, -0.1) is 0 Å². The molecule has 12 heavy (non-hydrogen) atoms. The van der Waals surface area contributed by atoms with E-state index in [9.17, 15) is 4.39 Å². The number of hydrogen-bond donors (Lipinski definition) is 1. The van der Waals surface area contributed by atoms with E-state index in [4.69, 9.17) is 4.74 Å². The van der Waals surface area contributed by atoms with Crippen LogP contribution in [0.2, 0.25) is 0 Å². The Morgan fingerprint density at radius 2 is 2.33 bits per heavy atom. The highest BCUT2D eigenvalue weighted by molar-refractivity contribution is 5.65. The van der Waals surface area contributed by atoms with Gasteiger partial charge in [-0.1, -0.05) is 6.07 Å². The lowest BCUT2D eigenvalue weighted by molar-refractivity contribution is 0.388. The normalized spacial score (nSPS) is 13.8. The van der Waals surface area contributed by atoms with Gasteiger partial charge in [0, 0.05) is 6.54 Å². The Labute approximate surface area is 70.3 Å². The van der Waals surface area contributed by atoms with Crippen LogP contribution in [0.4, 0.5) is 10.1 Å². The van der Waals surface area contributed by atoms with E-state index < -0.39 is 0 Å². The van der Waals surface area contributed by atoms with E-state index in [1.165, 1.54) is 13.2 Å². The van der Waals surface area contributed by atoms with Gasteiger partial charge in [0.15, 0.2) is 11.6 Å². The minimum atomic E-state index is -0.300. The number of anilines is 1. The van der Waals surface area contributed by atoms with Gasteiger partial charge in [-0.3, -0.25) is 0 Å². The van der Waals surface area contributed by atoms with E-state index in [2.05, 4.69) is 5.32 Å². The van der Waals surface area contributed by atoms with E-state index >= 15 is 0 Å². The first-order valence-corrected chi connectivity index (χ1v) is 3.92. The van der Waals surface area contributed by atoms with Crippen LogP contribution < -0.4 is 10.1 Å². The molecule has 0 spiro atoms. The first-order valence-electron chi connectivity index (χ1n) is 3.92. The molecule has 0 aromatic heterocycles. The topological polar surface area (TPSA) is 21.3 Å². The van der Waals surface area contributed by atoms with Crippen molar-refractivity contribution in [1.82, 2.24) is 0 Å². The van der Waals surface area contributed by atoms with Crippen molar-refractivity contribution < 1.29 is 9.13 Å². The van der Waals surface area contributed by atoms with Gasteiger partial charge < -0.3 is 10.1 Å². The van der Waals surface area contributed by atoms with Crippen LogP contribution in [0.5, 0.6) is 5.75 Å². The minimum Gasteiger partial charge on any atom is -0.492 e. The van der Waals surface area contributed by atoms with Gasteiger partial charge >= 0.3 is 0 Å². The molecule has 1 heterocycles. The van der Waals surface area contributed by atoms with E-state index in [0.29, 0.717) is 5.75 Å². The smallest absolute Gasteiger partial charge is 0.177 e. The summed E-state index contributed by atoms with van der Waals surface area (Å²) in [5.41, 5.74) is 1.95. The van der Waals surface area contributed by atoms with Crippen LogP contribution in [0.15, 0.2) is 12.1 Å². The second-order valence-electron chi connectivity index (χ2n) is 2.79. The second kappa shape index (κ2) is 2.66. The monoisotopic (exact) mass is 167 g/mol. The number of ether oxygens (including phenoxy) is 1. The molecule has 0 atom stereocenters. The number of hydrogen-bond acceptors (Lipinski definition) is 2. The third kappa shape index (κ3) is 0.932. The zero-order valence-corrected chi connectivity index (χ0v) is 6.86. The molecule has 0 aliphatic carbocycles. The summed E-state index contributed by atoms with van der Waals surface area (Å²) in [5.74, 6) is 0.0376. The quantitative estimate of drug-likeness (QED) is 0.688. The fourth-order valence-electron chi connectivity index (χ4n) is 1.52. The summed E-state index contributed by atoms with van der Waals surface area (Å²) in [5, 5.41) is 3.10. The van der Waals surface area contributed by atoms with Crippen molar-refractivity contribution in [1.29, 1.82) is 0 Å². The Bertz CT molecular complexity index is 312. The van der Waals surface area contributed by atoms with Crippen LogP contribution in [0.25, 0.3) is 0 Å². The highest BCUT2D eigenvalue weighted by atomic mass is 19.1. The molecule has 0 saturated heterocycles. The van der Waals surface area contributed by atoms with Crippen LogP contribution in [0.3, 0.4) is 0 Å². The van der Waals surface area contributed by atoms with E-state index in [0.717, 1.165) is 24.2 Å². The number of fused-ring (bicyclic) bond motifs is 1. The Morgan fingerprint density at radius 1 is 1.50 bits per heavy atom. The fraction of sp³-hybridized carbons (Fsp3) is 0.333. The second-order valence-corrected chi connectivity index (χ2v) is 2.79. The maximum Gasteiger partial charge on any atom is 0.177 e. The maximum atomic E-state index is 13.1. The molecule has 1 aliphatic heterocycles. The predicted molar refractivity (Wildman–Crippen MR) is 45.1 cm³/mol. The Balaban J connectivity index is 2.57. The lowest BCUT2D eigenvalue weighted by Gasteiger charge is -2.07. The summed E-state index contributed by atoms with van der Waals surface area (Å²) in [7, 11) is 1.48. The summed E-state index contributed by atoms with van der Waals surface area (Å²) >= 11 is 0. The summed E-state index contributed by atoms with van der Waals surface area (Å²) in [6.07, 6.45) is 0.950. The van der Waals surface area contributed by atoms with Crippen molar-refractivity contribution in [3.63, 3.8) is 0 Å². The Kier molecular flexibility index (Phi) is 1.64. The molecule has 1 N–H and O–H groups in total. The summed E-state index contributed by atoms with van der Waals surface area (Å²) in [6.45, 7) is 0.870. The van der Waals surface area contributed by atoms with Gasteiger partial charge in [0.1, 0.15) is 0 Å². The number of halogens is 1. The third-order valence-corrected chi connectivity index (χ3v) is 2.10. The van der Waals surface area contributed by atoms with Crippen LogP contribution in [-0.4, -0.2) is 13.7 Å². The highest BCUT2D eigenvalue weighted by Gasteiger charge is 2.17. The molecule has 2 nitrogen and oxygen atoms in total. The van der Waals surface area contributed by atoms with Gasteiger partial charge in [0.25, 0.3) is 0 Å². The molecule has 0 unspecified atom stereocenters. The van der Waals surface area contributed by atoms with Crippen molar-refractivity contribution in [2.24, 2.45) is 0 Å². The lowest BCUT2D eigenvalue weighted by Crippen LogP contribution is -1.96. The molecule has 0 radical (unpaired) electrons. The van der Waals surface area contributed by atoms with Crippen LogP contribution >= 0.6 is 0 Å². The molecule has 0 bridgehead atoms. The Morgan fingerprint density at radius 3 is 3.08 bits per heavy atom. The molecule has 0 saturated carbocycles. The van der Waals surface area contributed by atoms with Gasteiger partial charge in [0.2, 0.25) is 0 Å². The van der Waals surface area contributed by atoms with Crippen molar-refractivity contribution in [2.75, 3.05) is 19.0 Å². The summed E-state index contributed by atoms with van der Waals surface area (Å²) < 4.78 is 18.0. The SMILES string of the molecule is COc1c(F)ccc2c1NCC2. The molecule has 0 amide bonds. The summed E-state index contributed by atoms with van der Waals surface area (Å²) in [4.78, 5) is 0. The standard InChI is InChI=1S/C9H10FNO/c1-12-9-7(10)3-2-6-4-5-11-8(6)9/h2-3,11H,4-5H2,1H3. The van der Waals surface area contributed by atoms with Crippen molar-refractivity contribution in [3.8, 4) is 5.75 Å². The number of benzene rings is 1. The van der Waals surface area contributed by atoms with Crippen LogP contribution in [0.1, 0.15) is 5.56 Å². The predicted octanol–water partition coefficient (Wildman–Crippen LogP) is 1.80. The zero-order valence-electron chi connectivity index (χ0n) is 6.86. The van der Waals surface area contributed by atoms with E-state index in [1.807, 2.05) is 0 Å². The van der Waals surface area contributed by atoms with E-state index in [1.54, 1.807) is 6.07 Å². The van der Waals surface area contributed by atoms with Crippen molar-refractivity contribution in [3.05, 3.63) is 23.5 Å². The minimum absolute atomic E-state index is 0.300. The van der Waals surface area contributed by atoms with Crippen LogP contribution in [-0.2, 0) is 6.42 Å². The largest absolute Gasteiger partial charge is 0.492 e. The molecular formula is C9H10FNO. The molecule has 3 heteroatoms. The van der Waals surface area contributed by atoms with Gasteiger partial charge in [-0.25, -0.2) is 4.39 Å².